The Hall–Kier alpha value is -1.46. The van der Waals surface area contributed by atoms with Gasteiger partial charge in [-0.15, -0.1) is 12.4 Å². The minimum Gasteiger partial charge on any atom is -0.379 e. The molecule has 0 atom stereocenters. The van der Waals surface area contributed by atoms with Crippen LogP contribution in [0.5, 0.6) is 0 Å². The highest BCUT2D eigenvalue weighted by Gasteiger charge is 2.22. The van der Waals surface area contributed by atoms with E-state index in [2.05, 4.69) is 4.90 Å². The molecule has 0 unspecified atom stereocenters. The highest BCUT2D eigenvalue weighted by molar-refractivity contribution is 7.91. The second-order valence-electron chi connectivity index (χ2n) is 8.80. The Balaban J connectivity index is 0.00000380. The molecule has 0 bridgehead atoms. The van der Waals surface area contributed by atoms with Gasteiger partial charge in [-0.3, -0.25) is 14.6 Å². The quantitative estimate of drug-likeness (QED) is 0.297. The normalized spacial score (nSPS) is 14.5. The van der Waals surface area contributed by atoms with Crippen LogP contribution in [0.4, 0.5) is 5.13 Å². The molecular formula is C25H30Cl3N3O4S2. The van der Waals surface area contributed by atoms with Crippen molar-refractivity contribution in [3.05, 3.63) is 52.0 Å². The number of carbonyl (C=O) groups excluding carboxylic acids is 1. The van der Waals surface area contributed by atoms with E-state index in [0.29, 0.717) is 21.7 Å². The molecule has 202 valence electrons. The molecule has 2 aromatic carbocycles. The van der Waals surface area contributed by atoms with Crippen LogP contribution in [0, 0.1) is 6.92 Å². The van der Waals surface area contributed by atoms with Crippen LogP contribution in [0.2, 0.25) is 10.0 Å². The van der Waals surface area contributed by atoms with Gasteiger partial charge in [0.05, 0.1) is 34.1 Å². The number of anilines is 1. The molecule has 1 fully saturated rings. The van der Waals surface area contributed by atoms with Crippen molar-refractivity contribution in [2.45, 2.75) is 31.1 Å². The molecule has 1 saturated heterocycles. The Kier molecular flexibility index (Phi) is 11.0. The Morgan fingerprint density at radius 3 is 2.51 bits per heavy atom. The van der Waals surface area contributed by atoms with Crippen molar-refractivity contribution in [1.29, 1.82) is 0 Å². The van der Waals surface area contributed by atoms with Crippen LogP contribution < -0.4 is 4.90 Å². The van der Waals surface area contributed by atoms with Crippen LogP contribution in [0.25, 0.3) is 10.2 Å². The van der Waals surface area contributed by atoms with Gasteiger partial charge in [0.15, 0.2) is 15.0 Å². The molecule has 0 spiro atoms. The minimum absolute atomic E-state index is 0. The van der Waals surface area contributed by atoms with Gasteiger partial charge in [-0.25, -0.2) is 13.4 Å². The first-order chi connectivity index (χ1) is 17.2. The maximum Gasteiger partial charge on any atom is 0.228 e. The average molecular weight is 607 g/mol. The summed E-state index contributed by atoms with van der Waals surface area (Å²) in [4.78, 5) is 22.3. The Labute approximate surface area is 238 Å². The largest absolute Gasteiger partial charge is 0.379 e. The predicted molar refractivity (Wildman–Crippen MR) is 154 cm³/mol. The molecule has 1 aliphatic heterocycles. The number of thiazole rings is 1. The number of aromatic nitrogens is 1. The first kappa shape index (κ1) is 30.1. The van der Waals surface area contributed by atoms with Crippen LogP contribution in [0.15, 0.2) is 41.3 Å². The van der Waals surface area contributed by atoms with Crippen LogP contribution in [0.1, 0.15) is 24.8 Å². The van der Waals surface area contributed by atoms with E-state index < -0.39 is 9.84 Å². The fourth-order valence-corrected chi connectivity index (χ4v) is 7.07. The molecule has 2 heterocycles. The van der Waals surface area contributed by atoms with Crippen LogP contribution in [0.3, 0.4) is 0 Å². The number of carbonyl (C=O) groups is 1. The Morgan fingerprint density at radius 1 is 1.11 bits per heavy atom. The standard InChI is InChI=1S/C25H29Cl2N3O4S2.ClH/c1-18-16-20(27)17-22-24(18)28-25(35-22)30(10-3-9-29-11-13-34-14-12-29)23(31)4-2-15-36(32,33)21-7-5-19(26)6-8-21;/h5-8,16-17H,2-4,9-15H2,1H3;1H. The number of aryl methyl sites for hydroxylation is 1. The summed E-state index contributed by atoms with van der Waals surface area (Å²) < 4.78 is 31.7. The maximum absolute atomic E-state index is 13.3. The SMILES string of the molecule is Cc1cc(Cl)cc2sc(N(CCCN3CCOCC3)C(=O)CCCS(=O)(=O)c3ccc(Cl)cc3)nc12.Cl. The third kappa shape index (κ3) is 8.02. The van der Waals surface area contributed by atoms with E-state index in [1.807, 2.05) is 19.1 Å². The zero-order valence-electron chi connectivity index (χ0n) is 20.5. The number of halogens is 3. The number of fused-ring (bicyclic) bond motifs is 1. The van der Waals surface area contributed by atoms with Crippen LogP contribution in [-0.2, 0) is 19.4 Å². The first-order valence-electron chi connectivity index (χ1n) is 11.9. The van der Waals surface area contributed by atoms with Gasteiger partial charge in [-0.2, -0.15) is 0 Å². The smallest absolute Gasteiger partial charge is 0.228 e. The van der Waals surface area contributed by atoms with E-state index in [-0.39, 0.29) is 41.8 Å². The van der Waals surface area contributed by atoms with Crippen molar-refractivity contribution in [1.82, 2.24) is 9.88 Å². The van der Waals surface area contributed by atoms with E-state index in [1.54, 1.807) is 17.0 Å². The lowest BCUT2D eigenvalue weighted by atomic mass is 10.2. The van der Waals surface area contributed by atoms with Crippen molar-refractivity contribution in [3.8, 4) is 0 Å². The highest BCUT2D eigenvalue weighted by Crippen LogP contribution is 2.33. The molecule has 0 aliphatic carbocycles. The number of morpholine rings is 1. The summed E-state index contributed by atoms with van der Waals surface area (Å²) in [5, 5.41) is 1.72. The fourth-order valence-electron chi connectivity index (χ4n) is 4.17. The number of ether oxygens (including phenoxy) is 1. The Morgan fingerprint density at radius 2 is 1.81 bits per heavy atom. The molecule has 12 heteroatoms. The van der Waals surface area contributed by atoms with E-state index >= 15 is 0 Å². The number of amides is 1. The number of rotatable bonds is 10. The summed E-state index contributed by atoms with van der Waals surface area (Å²) >= 11 is 13.5. The molecule has 7 nitrogen and oxygen atoms in total. The molecule has 37 heavy (non-hydrogen) atoms. The predicted octanol–water partition coefficient (Wildman–Crippen LogP) is 5.64. The summed E-state index contributed by atoms with van der Waals surface area (Å²) in [5.74, 6) is -0.248. The molecule has 1 aliphatic rings. The number of hydrogen-bond donors (Lipinski definition) is 0. The lowest BCUT2D eigenvalue weighted by Crippen LogP contribution is -2.39. The molecular weight excluding hydrogens is 577 g/mol. The number of benzene rings is 2. The van der Waals surface area contributed by atoms with Gasteiger partial charge >= 0.3 is 0 Å². The third-order valence-corrected chi connectivity index (χ3v) is 9.42. The summed E-state index contributed by atoms with van der Waals surface area (Å²) in [5.41, 5.74) is 1.78. The number of hydrogen-bond acceptors (Lipinski definition) is 7. The van der Waals surface area contributed by atoms with Gasteiger partial charge in [0.1, 0.15) is 0 Å². The van der Waals surface area contributed by atoms with Crippen LogP contribution >= 0.6 is 46.9 Å². The molecule has 0 radical (unpaired) electrons. The summed E-state index contributed by atoms with van der Waals surface area (Å²) in [6.07, 6.45) is 1.12. The molecule has 4 rings (SSSR count). The van der Waals surface area contributed by atoms with Gasteiger partial charge in [-0.1, -0.05) is 34.5 Å². The van der Waals surface area contributed by atoms with Gasteiger partial charge in [0.25, 0.3) is 0 Å². The number of sulfone groups is 1. The summed E-state index contributed by atoms with van der Waals surface area (Å²) in [6.45, 7) is 6.53. The average Bonchev–Trinajstić information content (AvgIpc) is 3.26. The van der Waals surface area contributed by atoms with E-state index in [9.17, 15) is 13.2 Å². The van der Waals surface area contributed by atoms with Crippen molar-refractivity contribution in [3.63, 3.8) is 0 Å². The lowest BCUT2D eigenvalue weighted by molar-refractivity contribution is -0.118. The minimum atomic E-state index is -3.50. The molecule has 0 N–H and O–H groups in total. The zero-order valence-corrected chi connectivity index (χ0v) is 24.5. The topological polar surface area (TPSA) is 79.8 Å². The Bertz CT molecular complexity index is 1310. The monoisotopic (exact) mass is 605 g/mol. The van der Waals surface area contributed by atoms with Gasteiger partial charge in [0, 0.05) is 42.6 Å². The van der Waals surface area contributed by atoms with Gasteiger partial charge in [0.2, 0.25) is 5.91 Å². The lowest BCUT2D eigenvalue weighted by Gasteiger charge is -2.27. The summed E-state index contributed by atoms with van der Waals surface area (Å²) in [6, 6.07) is 9.81. The molecule has 3 aromatic rings. The second kappa shape index (κ2) is 13.6. The van der Waals surface area contributed by atoms with Gasteiger partial charge < -0.3 is 4.74 Å². The summed E-state index contributed by atoms with van der Waals surface area (Å²) in [7, 11) is -3.50. The van der Waals surface area contributed by atoms with E-state index in [4.69, 9.17) is 32.9 Å². The van der Waals surface area contributed by atoms with Crippen molar-refractivity contribution < 1.29 is 17.9 Å². The highest BCUT2D eigenvalue weighted by atomic mass is 35.5. The third-order valence-electron chi connectivity index (χ3n) is 6.11. The zero-order chi connectivity index (χ0) is 25.7. The second-order valence-corrected chi connectivity index (χ2v) is 12.8. The van der Waals surface area contributed by atoms with Crippen molar-refractivity contribution in [2.75, 3.05) is 50.0 Å². The molecule has 0 saturated carbocycles. The maximum atomic E-state index is 13.3. The first-order valence-corrected chi connectivity index (χ1v) is 15.1. The molecule has 1 aromatic heterocycles. The van der Waals surface area contributed by atoms with Crippen molar-refractivity contribution in [2.24, 2.45) is 0 Å². The van der Waals surface area contributed by atoms with Crippen molar-refractivity contribution >= 4 is 78.0 Å². The fraction of sp³-hybridized carbons (Fsp3) is 0.440. The van der Waals surface area contributed by atoms with Crippen LogP contribution in [-0.4, -0.2) is 69.4 Å². The van der Waals surface area contributed by atoms with E-state index in [1.165, 1.54) is 23.5 Å². The molecule has 1 amide bonds. The van der Waals surface area contributed by atoms with E-state index in [0.717, 1.165) is 55.0 Å². The number of nitrogens with zero attached hydrogens (tertiary/aromatic N) is 3. The van der Waals surface area contributed by atoms with Gasteiger partial charge in [-0.05, 0) is 61.7 Å².